The van der Waals surface area contributed by atoms with Gasteiger partial charge in [-0.1, -0.05) is 6.07 Å². The Morgan fingerprint density at radius 3 is 2.47 bits per heavy atom. The molecule has 2 aliphatic rings. The summed E-state index contributed by atoms with van der Waals surface area (Å²) in [6.45, 7) is 0. The minimum absolute atomic E-state index is 0.492. The average molecular weight is 262 g/mol. The molecule has 3 rings (SSSR count). The SMILES string of the molecule is COc1cccc(NC2C[C@@H]3CC(OC)C[C@@H]3C2)n1. The van der Waals surface area contributed by atoms with Crippen LogP contribution in [0.25, 0.3) is 0 Å². The Morgan fingerprint density at radius 1 is 1.11 bits per heavy atom. The third-order valence-corrected chi connectivity index (χ3v) is 4.59. The Bertz CT molecular complexity index is 424. The first-order chi connectivity index (χ1) is 9.28. The van der Waals surface area contributed by atoms with Crippen LogP contribution in [0.5, 0.6) is 5.88 Å². The van der Waals surface area contributed by atoms with Gasteiger partial charge >= 0.3 is 0 Å². The fourth-order valence-electron chi connectivity index (χ4n) is 3.69. The lowest BCUT2D eigenvalue weighted by atomic mass is 10.0. The van der Waals surface area contributed by atoms with Crippen LogP contribution in [0.4, 0.5) is 5.82 Å². The van der Waals surface area contributed by atoms with Gasteiger partial charge in [-0.15, -0.1) is 0 Å². The van der Waals surface area contributed by atoms with E-state index in [-0.39, 0.29) is 0 Å². The number of anilines is 1. The van der Waals surface area contributed by atoms with Crippen molar-refractivity contribution in [1.29, 1.82) is 0 Å². The highest BCUT2D eigenvalue weighted by Gasteiger charge is 2.41. The van der Waals surface area contributed by atoms with Gasteiger partial charge in [-0.05, 0) is 43.6 Å². The van der Waals surface area contributed by atoms with Crippen LogP contribution in [0.1, 0.15) is 25.7 Å². The zero-order chi connectivity index (χ0) is 13.2. The van der Waals surface area contributed by atoms with Crippen LogP contribution in [0.2, 0.25) is 0 Å². The average Bonchev–Trinajstić information content (AvgIpc) is 2.96. The number of aromatic nitrogens is 1. The Balaban J connectivity index is 1.58. The highest BCUT2D eigenvalue weighted by molar-refractivity contribution is 5.38. The molecule has 0 saturated heterocycles. The van der Waals surface area contributed by atoms with Gasteiger partial charge in [-0.25, -0.2) is 0 Å². The zero-order valence-corrected chi connectivity index (χ0v) is 11.6. The van der Waals surface area contributed by atoms with Crippen LogP contribution in [-0.2, 0) is 4.74 Å². The molecule has 104 valence electrons. The van der Waals surface area contributed by atoms with E-state index in [2.05, 4.69) is 10.3 Å². The molecule has 0 radical (unpaired) electrons. The van der Waals surface area contributed by atoms with Gasteiger partial charge in [-0.3, -0.25) is 0 Å². The van der Waals surface area contributed by atoms with E-state index in [1.165, 1.54) is 25.7 Å². The molecule has 4 nitrogen and oxygen atoms in total. The monoisotopic (exact) mass is 262 g/mol. The van der Waals surface area contributed by atoms with Crippen LogP contribution in [0.3, 0.4) is 0 Å². The van der Waals surface area contributed by atoms with E-state index >= 15 is 0 Å². The minimum atomic E-state index is 0.492. The molecule has 4 heteroatoms. The number of nitrogens with one attached hydrogen (secondary N) is 1. The zero-order valence-electron chi connectivity index (χ0n) is 11.6. The minimum Gasteiger partial charge on any atom is -0.481 e. The summed E-state index contributed by atoms with van der Waals surface area (Å²) in [7, 11) is 3.48. The van der Waals surface area contributed by atoms with Gasteiger partial charge in [0.05, 0.1) is 13.2 Å². The number of nitrogens with zero attached hydrogens (tertiary/aromatic N) is 1. The van der Waals surface area contributed by atoms with Gasteiger partial charge in [0.2, 0.25) is 5.88 Å². The number of hydrogen-bond acceptors (Lipinski definition) is 4. The summed E-state index contributed by atoms with van der Waals surface area (Å²) in [5.41, 5.74) is 0. The molecule has 0 bridgehead atoms. The lowest BCUT2D eigenvalue weighted by Crippen LogP contribution is -2.19. The Hall–Kier alpha value is -1.29. The Labute approximate surface area is 114 Å². The van der Waals surface area contributed by atoms with Crippen molar-refractivity contribution in [3.8, 4) is 5.88 Å². The second kappa shape index (κ2) is 5.37. The summed E-state index contributed by atoms with van der Waals surface area (Å²) in [5, 5.41) is 3.55. The van der Waals surface area contributed by atoms with Gasteiger partial charge < -0.3 is 14.8 Å². The van der Waals surface area contributed by atoms with Crippen molar-refractivity contribution in [2.45, 2.75) is 37.8 Å². The first-order valence-electron chi connectivity index (χ1n) is 7.09. The first kappa shape index (κ1) is 12.7. The van der Waals surface area contributed by atoms with Crippen molar-refractivity contribution in [2.24, 2.45) is 11.8 Å². The van der Waals surface area contributed by atoms with Gasteiger partial charge in [0.25, 0.3) is 0 Å². The molecule has 19 heavy (non-hydrogen) atoms. The largest absolute Gasteiger partial charge is 0.481 e. The lowest BCUT2D eigenvalue weighted by molar-refractivity contribution is 0.101. The molecular weight excluding hydrogens is 240 g/mol. The maximum absolute atomic E-state index is 5.48. The molecule has 2 aliphatic carbocycles. The fraction of sp³-hybridized carbons (Fsp3) is 0.667. The molecular formula is C15H22N2O2. The van der Waals surface area contributed by atoms with Crippen molar-refractivity contribution in [3.05, 3.63) is 18.2 Å². The predicted octanol–water partition coefficient (Wildman–Crippen LogP) is 2.71. The van der Waals surface area contributed by atoms with E-state index in [9.17, 15) is 0 Å². The topological polar surface area (TPSA) is 43.4 Å². The molecule has 0 spiro atoms. The molecule has 0 aliphatic heterocycles. The summed E-state index contributed by atoms with van der Waals surface area (Å²) in [5.74, 6) is 3.25. The number of ether oxygens (including phenoxy) is 2. The molecule has 0 amide bonds. The van der Waals surface area contributed by atoms with Crippen LogP contribution < -0.4 is 10.1 Å². The van der Waals surface area contributed by atoms with Gasteiger partial charge in [0, 0.05) is 19.2 Å². The third-order valence-electron chi connectivity index (χ3n) is 4.59. The summed E-state index contributed by atoms with van der Waals surface area (Å²) in [6, 6.07) is 6.41. The molecule has 2 unspecified atom stereocenters. The maximum atomic E-state index is 5.48. The molecule has 1 heterocycles. The molecule has 1 aromatic rings. The lowest BCUT2D eigenvalue weighted by Gasteiger charge is -2.16. The number of methoxy groups -OCH3 is 2. The first-order valence-corrected chi connectivity index (χ1v) is 7.09. The van der Waals surface area contributed by atoms with Crippen molar-refractivity contribution in [3.63, 3.8) is 0 Å². The van der Waals surface area contributed by atoms with E-state index in [0.717, 1.165) is 17.7 Å². The second-order valence-corrected chi connectivity index (χ2v) is 5.73. The number of fused-ring (bicyclic) bond motifs is 1. The second-order valence-electron chi connectivity index (χ2n) is 5.73. The van der Waals surface area contributed by atoms with E-state index in [4.69, 9.17) is 9.47 Å². The van der Waals surface area contributed by atoms with E-state index in [1.54, 1.807) is 7.11 Å². The maximum Gasteiger partial charge on any atom is 0.214 e. The van der Waals surface area contributed by atoms with Crippen LogP contribution >= 0.6 is 0 Å². The summed E-state index contributed by atoms with van der Waals surface area (Å²) >= 11 is 0. The van der Waals surface area contributed by atoms with E-state index in [0.29, 0.717) is 18.0 Å². The quantitative estimate of drug-likeness (QED) is 0.906. The standard InChI is InChI=1S/C15H22N2O2/c1-18-13-8-10-6-12(7-11(10)9-13)16-14-4-3-5-15(17-14)19-2/h3-5,10-13H,6-9H2,1-2H3,(H,16,17)/t10-,11+,12?,13?. The summed E-state index contributed by atoms with van der Waals surface area (Å²) in [4.78, 5) is 4.42. The van der Waals surface area contributed by atoms with Crippen molar-refractivity contribution in [1.82, 2.24) is 4.98 Å². The van der Waals surface area contributed by atoms with Crippen LogP contribution in [0.15, 0.2) is 18.2 Å². The van der Waals surface area contributed by atoms with E-state index < -0.39 is 0 Å². The van der Waals surface area contributed by atoms with Gasteiger partial charge in [0.1, 0.15) is 5.82 Å². The normalized spacial score (nSPS) is 33.2. The molecule has 1 aromatic heterocycles. The van der Waals surface area contributed by atoms with Crippen molar-refractivity contribution >= 4 is 5.82 Å². The molecule has 0 aromatic carbocycles. The third kappa shape index (κ3) is 2.68. The predicted molar refractivity (Wildman–Crippen MR) is 74.4 cm³/mol. The number of hydrogen-bond donors (Lipinski definition) is 1. The number of rotatable bonds is 4. The van der Waals surface area contributed by atoms with Gasteiger partial charge in [-0.2, -0.15) is 4.98 Å². The Morgan fingerprint density at radius 2 is 1.84 bits per heavy atom. The Kier molecular flexibility index (Phi) is 3.60. The highest BCUT2D eigenvalue weighted by atomic mass is 16.5. The van der Waals surface area contributed by atoms with Crippen molar-refractivity contribution in [2.75, 3.05) is 19.5 Å². The number of pyridine rings is 1. The molecule has 1 N–H and O–H groups in total. The van der Waals surface area contributed by atoms with Gasteiger partial charge in [0.15, 0.2) is 0 Å². The molecule has 2 fully saturated rings. The van der Waals surface area contributed by atoms with Crippen LogP contribution in [0, 0.1) is 11.8 Å². The fourth-order valence-corrected chi connectivity index (χ4v) is 3.69. The molecule has 2 saturated carbocycles. The smallest absolute Gasteiger partial charge is 0.214 e. The van der Waals surface area contributed by atoms with Crippen LogP contribution in [-0.4, -0.2) is 31.3 Å². The van der Waals surface area contributed by atoms with Crippen molar-refractivity contribution < 1.29 is 9.47 Å². The summed E-state index contributed by atoms with van der Waals surface area (Å²) in [6.07, 6.45) is 5.42. The van der Waals surface area contributed by atoms with E-state index in [1.807, 2.05) is 25.3 Å². The summed E-state index contributed by atoms with van der Waals surface area (Å²) < 4.78 is 10.6. The highest BCUT2D eigenvalue weighted by Crippen LogP contribution is 2.45. The molecule has 4 atom stereocenters.